The summed E-state index contributed by atoms with van der Waals surface area (Å²) in [6, 6.07) is 13.1. The van der Waals surface area contributed by atoms with Crippen molar-refractivity contribution in [3.8, 4) is 5.75 Å². The first-order chi connectivity index (χ1) is 10.1. The highest BCUT2D eigenvalue weighted by molar-refractivity contribution is 6.30. The van der Waals surface area contributed by atoms with Crippen LogP contribution in [0.5, 0.6) is 5.75 Å². The number of halogens is 1. The van der Waals surface area contributed by atoms with Gasteiger partial charge in [0.15, 0.2) is 12.8 Å². The van der Waals surface area contributed by atoms with E-state index >= 15 is 0 Å². The molecule has 6 heteroatoms. The quantitative estimate of drug-likeness (QED) is 0.399. The Morgan fingerprint density at radius 1 is 1.24 bits per heavy atom. The number of para-hydroxylation sites is 1. The summed E-state index contributed by atoms with van der Waals surface area (Å²) < 4.78 is 5.80. The first-order valence-electron chi connectivity index (χ1n) is 6.06. The molecule has 0 amide bonds. The van der Waals surface area contributed by atoms with E-state index in [4.69, 9.17) is 21.4 Å². The van der Waals surface area contributed by atoms with E-state index in [1.165, 1.54) is 6.21 Å². The normalized spacial score (nSPS) is 11.2. The van der Waals surface area contributed by atoms with Gasteiger partial charge in [-0.05, 0) is 24.3 Å². The van der Waals surface area contributed by atoms with Crippen LogP contribution in [0.1, 0.15) is 5.56 Å². The van der Waals surface area contributed by atoms with Gasteiger partial charge in [0.05, 0.1) is 5.56 Å². The number of carboxylic acid groups (broad SMARTS) is 1. The molecule has 2 rings (SSSR count). The molecular formula is C15H12ClNO4. The largest absolute Gasteiger partial charge is 0.618 e. The van der Waals surface area contributed by atoms with Crippen LogP contribution in [-0.4, -0.2) is 28.6 Å². The third kappa shape index (κ3) is 4.22. The van der Waals surface area contributed by atoms with Gasteiger partial charge >= 0.3 is 5.97 Å². The van der Waals surface area contributed by atoms with Crippen molar-refractivity contribution >= 4 is 29.5 Å². The molecule has 0 aliphatic rings. The highest BCUT2D eigenvalue weighted by atomic mass is 35.5. The van der Waals surface area contributed by atoms with Crippen molar-refractivity contribution in [2.45, 2.75) is 0 Å². The molecule has 0 saturated carbocycles. The standard InChI is InChI=1S/C15H12ClNO4/c16-12-5-7-13(8-6-12)17(20)9-11-3-1-2-4-14(11)21-10-15(18)19/h1-9H,10H2,(H,18,19). The van der Waals surface area contributed by atoms with E-state index in [1.807, 2.05) is 0 Å². The SMILES string of the molecule is O=C(O)COc1ccccc1C=[N+]([O-])c1ccc(Cl)cc1. The van der Waals surface area contributed by atoms with Crippen molar-refractivity contribution in [3.63, 3.8) is 0 Å². The molecule has 2 aromatic carbocycles. The molecule has 5 nitrogen and oxygen atoms in total. The van der Waals surface area contributed by atoms with Gasteiger partial charge in [0.2, 0.25) is 5.69 Å². The minimum Gasteiger partial charge on any atom is -0.618 e. The van der Waals surface area contributed by atoms with Crippen molar-refractivity contribution in [2.24, 2.45) is 0 Å². The highest BCUT2D eigenvalue weighted by Crippen LogP contribution is 2.19. The molecule has 0 spiro atoms. The molecule has 1 N–H and O–H groups in total. The van der Waals surface area contributed by atoms with Gasteiger partial charge in [0, 0.05) is 17.2 Å². The summed E-state index contributed by atoms with van der Waals surface area (Å²) in [7, 11) is 0. The number of hydrogen-bond acceptors (Lipinski definition) is 3. The predicted octanol–water partition coefficient (Wildman–Crippen LogP) is 3.06. The Hall–Kier alpha value is -2.53. The Labute approximate surface area is 126 Å². The van der Waals surface area contributed by atoms with E-state index < -0.39 is 12.6 Å². The Balaban J connectivity index is 2.27. The number of nitrogens with zero attached hydrogens (tertiary/aromatic N) is 1. The summed E-state index contributed by atoms with van der Waals surface area (Å²) in [4.78, 5) is 10.5. The topological polar surface area (TPSA) is 72.6 Å². The monoisotopic (exact) mass is 305 g/mol. The maximum absolute atomic E-state index is 12.1. The maximum Gasteiger partial charge on any atom is 0.341 e. The van der Waals surface area contributed by atoms with Gasteiger partial charge in [0.25, 0.3) is 0 Å². The van der Waals surface area contributed by atoms with Crippen LogP contribution in [0.3, 0.4) is 0 Å². The van der Waals surface area contributed by atoms with Gasteiger partial charge in [-0.2, -0.15) is 4.74 Å². The molecular weight excluding hydrogens is 294 g/mol. The molecule has 0 atom stereocenters. The minimum atomic E-state index is -1.08. The molecule has 0 aliphatic carbocycles. The number of ether oxygens (including phenoxy) is 1. The molecule has 108 valence electrons. The number of hydrogen-bond donors (Lipinski definition) is 1. The second-order valence-corrected chi connectivity index (χ2v) is 4.59. The van der Waals surface area contributed by atoms with E-state index in [2.05, 4.69) is 0 Å². The van der Waals surface area contributed by atoms with Crippen molar-refractivity contribution in [1.29, 1.82) is 0 Å². The van der Waals surface area contributed by atoms with Crippen LogP contribution >= 0.6 is 11.6 Å². The molecule has 0 bridgehead atoms. The maximum atomic E-state index is 12.1. The summed E-state index contributed by atoms with van der Waals surface area (Å²) >= 11 is 5.77. The number of benzene rings is 2. The predicted molar refractivity (Wildman–Crippen MR) is 79.5 cm³/mol. The first-order valence-corrected chi connectivity index (χ1v) is 6.44. The molecule has 2 aromatic rings. The molecule has 21 heavy (non-hydrogen) atoms. The Kier molecular flexibility index (Phi) is 4.79. The molecule has 0 saturated heterocycles. The fourth-order valence-electron chi connectivity index (χ4n) is 1.65. The lowest BCUT2D eigenvalue weighted by Gasteiger charge is -2.07. The second kappa shape index (κ2) is 6.76. The second-order valence-electron chi connectivity index (χ2n) is 4.15. The molecule has 0 radical (unpaired) electrons. The Bertz CT molecular complexity index is 668. The van der Waals surface area contributed by atoms with Crippen LogP contribution in [0, 0.1) is 5.21 Å². The highest BCUT2D eigenvalue weighted by Gasteiger charge is 2.08. The van der Waals surface area contributed by atoms with E-state index in [9.17, 15) is 10.0 Å². The third-order valence-electron chi connectivity index (χ3n) is 2.61. The fraction of sp³-hybridized carbons (Fsp3) is 0.0667. The van der Waals surface area contributed by atoms with Crippen molar-refractivity contribution in [1.82, 2.24) is 0 Å². The third-order valence-corrected chi connectivity index (χ3v) is 2.86. The van der Waals surface area contributed by atoms with Crippen molar-refractivity contribution in [2.75, 3.05) is 6.61 Å². The summed E-state index contributed by atoms with van der Waals surface area (Å²) in [5.41, 5.74) is 0.899. The lowest BCUT2D eigenvalue weighted by atomic mass is 10.2. The van der Waals surface area contributed by atoms with Gasteiger partial charge in [-0.3, -0.25) is 0 Å². The Morgan fingerprint density at radius 2 is 1.90 bits per heavy atom. The van der Waals surface area contributed by atoms with E-state index in [0.717, 1.165) is 0 Å². The van der Waals surface area contributed by atoms with Crippen LogP contribution in [0.4, 0.5) is 5.69 Å². The van der Waals surface area contributed by atoms with Gasteiger partial charge in [0.1, 0.15) is 5.75 Å². The van der Waals surface area contributed by atoms with Crippen LogP contribution in [0.15, 0.2) is 48.5 Å². The Morgan fingerprint density at radius 3 is 2.57 bits per heavy atom. The van der Waals surface area contributed by atoms with Crippen LogP contribution in [0.2, 0.25) is 5.02 Å². The minimum absolute atomic E-state index is 0.328. The zero-order chi connectivity index (χ0) is 15.2. The van der Waals surface area contributed by atoms with Crippen LogP contribution in [-0.2, 0) is 4.79 Å². The van der Waals surface area contributed by atoms with E-state index in [1.54, 1.807) is 48.5 Å². The number of aliphatic carboxylic acids is 1. The van der Waals surface area contributed by atoms with Gasteiger partial charge < -0.3 is 15.1 Å². The van der Waals surface area contributed by atoms with Gasteiger partial charge in [-0.1, -0.05) is 23.7 Å². The summed E-state index contributed by atoms with van der Waals surface area (Å²) in [6.45, 7) is -0.468. The summed E-state index contributed by atoms with van der Waals surface area (Å²) in [5.74, 6) is -0.754. The zero-order valence-corrected chi connectivity index (χ0v) is 11.7. The van der Waals surface area contributed by atoms with Crippen LogP contribution in [0.25, 0.3) is 0 Å². The number of rotatable bonds is 5. The lowest BCUT2D eigenvalue weighted by Crippen LogP contribution is -2.11. The lowest BCUT2D eigenvalue weighted by molar-refractivity contribution is -0.354. The van der Waals surface area contributed by atoms with Gasteiger partial charge in [-0.15, -0.1) is 0 Å². The molecule has 0 aromatic heterocycles. The van der Waals surface area contributed by atoms with Crippen molar-refractivity contribution < 1.29 is 19.4 Å². The first kappa shape index (κ1) is 14.9. The zero-order valence-electron chi connectivity index (χ0n) is 10.9. The summed E-state index contributed by atoms with van der Waals surface area (Å²) in [5, 5.41) is 21.2. The average Bonchev–Trinajstić information content (AvgIpc) is 2.47. The fourth-order valence-corrected chi connectivity index (χ4v) is 1.77. The number of carbonyl (C=O) groups is 1. The average molecular weight is 306 g/mol. The number of carboxylic acids is 1. The summed E-state index contributed by atoms with van der Waals surface area (Å²) in [6.07, 6.45) is 1.32. The van der Waals surface area contributed by atoms with E-state index in [-0.39, 0.29) is 0 Å². The molecule has 0 aliphatic heterocycles. The molecule has 0 unspecified atom stereocenters. The van der Waals surface area contributed by atoms with Gasteiger partial charge in [-0.25, -0.2) is 4.79 Å². The van der Waals surface area contributed by atoms with E-state index in [0.29, 0.717) is 26.8 Å². The van der Waals surface area contributed by atoms with Crippen LogP contribution < -0.4 is 4.74 Å². The van der Waals surface area contributed by atoms with Crippen molar-refractivity contribution in [3.05, 3.63) is 64.3 Å². The smallest absolute Gasteiger partial charge is 0.341 e. The molecule has 0 fully saturated rings. The molecule has 0 heterocycles.